The minimum atomic E-state index is -0.435. The lowest BCUT2D eigenvalue weighted by Crippen LogP contribution is -2.27. The van der Waals surface area contributed by atoms with Crippen molar-refractivity contribution in [2.45, 2.75) is 27.7 Å². The van der Waals surface area contributed by atoms with Gasteiger partial charge in [-0.3, -0.25) is 0 Å². The first-order chi connectivity index (χ1) is 12.1. The summed E-state index contributed by atoms with van der Waals surface area (Å²) in [5.74, 6) is -0.870. The smallest absolute Gasteiger partial charge is 0.338 e. The second-order valence-corrected chi connectivity index (χ2v) is 7.92. The van der Waals surface area contributed by atoms with E-state index in [1.165, 1.54) is 0 Å². The predicted molar refractivity (Wildman–Crippen MR) is 98.3 cm³/mol. The van der Waals surface area contributed by atoms with Crippen LogP contribution in [-0.2, 0) is 18.9 Å². The van der Waals surface area contributed by atoms with Crippen molar-refractivity contribution in [2.75, 3.05) is 40.6 Å². The predicted octanol–water partition coefficient (Wildman–Crippen LogP) is 3.35. The van der Waals surface area contributed by atoms with Crippen LogP contribution in [0.4, 0.5) is 0 Å². The van der Waals surface area contributed by atoms with Gasteiger partial charge in [-0.2, -0.15) is 0 Å². The highest BCUT2D eigenvalue weighted by molar-refractivity contribution is 5.93. The molecule has 0 N–H and O–H groups in total. The molecule has 0 saturated carbocycles. The molecule has 1 aromatic rings. The van der Waals surface area contributed by atoms with Crippen LogP contribution < -0.4 is 0 Å². The van der Waals surface area contributed by atoms with Gasteiger partial charge in [0, 0.05) is 25.0 Å². The fourth-order valence-corrected chi connectivity index (χ4v) is 2.30. The maximum absolute atomic E-state index is 12.1. The van der Waals surface area contributed by atoms with Gasteiger partial charge in [0.15, 0.2) is 0 Å². The summed E-state index contributed by atoms with van der Waals surface area (Å²) in [4.78, 5) is 24.2. The van der Waals surface area contributed by atoms with Gasteiger partial charge in [0.1, 0.15) is 0 Å². The molecule has 0 radical (unpaired) electrons. The minimum absolute atomic E-state index is 0.248. The van der Waals surface area contributed by atoms with E-state index in [-0.39, 0.29) is 24.0 Å². The van der Waals surface area contributed by atoms with Crippen molar-refractivity contribution < 1.29 is 28.5 Å². The third-order valence-corrected chi connectivity index (χ3v) is 3.61. The molecule has 0 saturated heterocycles. The molecule has 6 nitrogen and oxygen atoms in total. The summed E-state index contributed by atoms with van der Waals surface area (Å²) in [6, 6.07) is 6.23. The maximum Gasteiger partial charge on any atom is 0.338 e. The van der Waals surface area contributed by atoms with Crippen LogP contribution in [0, 0.1) is 10.8 Å². The molecule has 0 atom stereocenters. The van der Waals surface area contributed by atoms with E-state index >= 15 is 0 Å². The third kappa shape index (κ3) is 7.54. The number of carbonyl (C=O) groups excluding carboxylic acids is 2. The highest BCUT2D eigenvalue weighted by Gasteiger charge is 2.22. The van der Waals surface area contributed by atoms with Crippen LogP contribution in [0.25, 0.3) is 0 Å². The van der Waals surface area contributed by atoms with Crippen molar-refractivity contribution in [1.82, 2.24) is 0 Å². The number of rotatable bonds is 10. The maximum atomic E-state index is 12.1. The molecule has 26 heavy (non-hydrogen) atoms. The Morgan fingerprint density at radius 3 is 1.27 bits per heavy atom. The summed E-state index contributed by atoms with van der Waals surface area (Å²) < 4.78 is 20.8. The van der Waals surface area contributed by atoms with Crippen molar-refractivity contribution in [3.63, 3.8) is 0 Å². The lowest BCUT2D eigenvalue weighted by Gasteiger charge is -2.23. The van der Waals surface area contributed by atoms with Crippen LogP contribution in [-0.4, -0.2) is 52.6 Å². The van der Waals surface area contributed by atoms with Crippen LogP contribution in [0.3, 0.4) is 0 Å². The lowest BCUT2D eigenvalue weighted by molar-refractivity contribution is 0.0127. The van der Waals surface area contributed by atoms with E-state index in [1.807, 2.05) is 27.7 Å². The first kappa shape index (κ1) is 22.1. The van der Waals surface area contributed by atoms with E-state index in [2.05, 4.69) is 0 Å². The van der Waals surface area contributed by atoms with Crippen molar-refractivity contribution in [3.05, 3.63) is 35.4 Å². The molecule has 0 amide bonds. The quantitative estimate of drug-likeness (QED) is 0.592. The average molecular weight is 366 g/mol. The highest BCUT2D eigenvalue weighted by Crippen LogP contribution is 2.18. The molecule has 0 heterocycles. The fourth-order valence-electron chi connectivity index (χ4n) is 2.30. The molecule has 0 bridgehead atoms. The van der Waals surface area contributed by atoms with Gasteiger partial charge >= 0.3 is 11.9 Å². The number of benzene rings is 1. The summed E-state index contributed by atoms with van der Waals surface area (Å²) in [7, 11) is 3.22. The van der Waals surface area contributed by atoms with Gasteiger partial charge < -0.3 is 18.9 Å². The first-order valence-electron chi connectivity index (χ1n) is 8.52. The summed E-state index contributed by atoms with van der Waals surface area (Å²) in [5.41, 5.74) is 0.246. The zero-order chi connectivity index (χ0) is 19.8. The van der Waals surface area contributed by atoms with Crippen molar-refractivity contribution in [1.29, 1.82) is 0 Å². The molecule has 0 unspecified atom stereocenters. The molecule has 0 spiro atoms. The van der Waals surface area contributed by atoms with E-state index in [4.69, 9.17) is 18.9 Å². The highest BCUT2D eigenvalue weighted by atomic mass is 16.5. The van der Waals surface area contributed by atoms with Gasteiger partial charge in [0.2, 0.25) is 0 Å². The normalized spacial score (nSPS) is 11.9. The van der Waals surface area contributed by atoms with E-state index < -0.39 is 11.9 Å². The Morgan fingerprint density at radius 1 is 0.692 bits per heavy atom. The summed E-state index contributed by atoms with van der Waals surface area (Å²) in [5, 5.41) is 0. The Bertz CT molecular complexity index is 536. The molecule has 1 aromatic carbocycles. The van der Waals surface area contributed by atoms with Crippen LogP contribution in [0.1, 0.15) is 48.4 Å². The molecule has 6 heteroatoms. The lowest BCUT2D eigenvalue weighted by atomic mass is 9.96. The zero-order valence-electron chi connectivity index (χ0n) is 16.6. The second kappa shape index (κ2) is 9.69. The van der Waals surface area contributed by atoms with Gasteiger partial charge in [-0.1, -0.05) is 27.7 Å². The summed E-state index contributed by atoms with van der Waals surface area (Å²) >= 11 is 0. The van der Waals surface area contributed by atoms with Gasteiger partial charge in [-0.05, 0) is 24.3 Å². The van der Waals surface area contributed by atoms with Gasteiger partial charge in [-0.15, -0.1) is 0 Å². The second-order valence-electron chi connectivity index (χ2n) is 7.92. The van der Waals surface area contributed by atoms with Crippen LogP contribution in [0.5, 0.6) is 0 Å². The van der Waals surface area contributed by atoms with Gasteiger partial charge in [0.05, 0.1) is 37.6 Å². The zero-order valence-corrected chi connectivity index (χ0v) is 16.6. The molecule has 1 rings (SSSR count). The third-order valence-electron chi connectivity index (χ3n) is 3.61. The van der Waals surface area contributed by atoms with E-state index in [9.17, 15) is 9.59 Å². The molecule has 146 valence electrons. The van der Waals surface area contributed by atoms with E-state index in [0.717, 1.165) is 0 Å². The number of hydrogen-bond donors (Lipinski definition) is 0. The molecular weight excluding hydrogens is 336 g/mol. The van der Waals surface area contributed by atoms with E-state index in [1.54, 1.807) is 38.5 Å². The van der Waals surface area contributed by atoms with Crippen molar-refractivity contribution in [2.24, 2.45) is 10.8 Å². The van der Waals surface area contributed by atoms with Crippen LogP contribution >= 0.6 is 0 Å². The largest absolute Gasteiger partial charge is 0.461 e. The van der Waals surface area contributed by atoms with E-state index in [0.29, 0.717) is 24.3 Å². The number of hydrogen-bond acceptors (Lipinski definition) is 6. The molecule has 0 aliphatic rings. The molecule has 0 fully saturated rings. The van der Waals surface area contributed by atoms with Gasteiger partial charge in [-0.25, -0.2) is 9.59 Å². The topological polar surface area (TPSA) is 71.1 Å². The SMILES string of the molecule is COCC(C)(C)COC(=O)c1ccc(C(=O)OCC(C)(C)COC)cc1. The Labute approximate surface area is 155 Å². The average Bonchev–Trinajstić information content (AvgIpc) is 2.58. The summed E-state index contributed by atoms with van der Waals surface area (Å²) in [6.45, 7) is 9.29. The Balaban J connectivity index is 2.59. The summed E-state index contributed by atoms with van der Waals surface area (Å²) in [6.07, 6.45) is 0. The monoisotopic (exact) mass is 366 g/mol. The molecule has 0 aliphatic heterocycles. The Morgan fingerprint density at radius 2 is 1.00 bits per heavy atom. The van der Waals surface area contributed by atoms with Crippen molar-refractivity contribution in [3.8, 4) is 0 Å². The molecular formula is C20H30O6. The number of methoxy groups -OCH3 is 2. The standard InChI is InChI=1S/C20H30O6/c1-19(2,11-23-5)13-25-17(21)15-7-9-16(10-8-15)18(22)26-14-20(3,4)12-24-6/h7-10H,11-14H2,1-6H3. The Kier molecular flexibility index (Phi) is 8.24. The van der Waals surface area contributed by atoms with Crippen LogP contribution in [0.2, 0.25) is 0 Å². The molecule has 0 aromatic heterocycles. The number of carbonyl (C=O) groups is 2. The minimum Gasteiger partial charge on any atom is -0.461 e. The fraction of sp³-hybridized carbons (Fsp3) is 0.600. The Hall–Kier alpha value is -1.92. The van der Waals surface area contributed by atoms with Crippen LogP contribution in [0.15, 0.2) is 24.3 Å². The number of ether oxygens (including phenoxy) is 4. The number of esters is 2. The molecule has 0 aliphatic carbocycles. The first-order valence-corrected chi connectivity index (χ1v) is 8.52. The van der Waals surface area contributed by atoms with Crippen molar-refractivity contribution >= 4 is 11.9 Å². The van der Waals surface area contributed by atoms with Gasteiger partial charge in [0.25, 0.3) is 0 Å².